The number of carbonyl (C=O) groups is 1. The average molecular weight is 396 g/mol. The second-order valence-electron chi connectivity index (χ2n) is 6.14. The summed E-state index contributed by atoms with van der Waals surface area (Å²) in [6, 6.07) is 1.51. The molecule has 3 aromatic rings. The second kappa shape index (κ2) is 10.2. The van der Waals surface area contributed by atoms with Gasteiger partial charge in [0.25, 0.3) is 5.91 Å². The fraction of sp³-hybridized carbons (Fsp3) is 0.333. The number of primary amides is 1. The first-order valence-corrected chi connectivity index (χ1v) is 9.45. The number of halogens is 1. The third-order valence-electron chi connectivity index (χ3n) is 4.52. The molecule has 0 aliphatic heterocycles. The van der Waals surface area contributed by atoms with Crippen molar-refractivity contribution < 1.29 is 9.18 Å². The van der Waals surface area contributed by atoms with E-state index in [2.05, 4.69) is 33.2 Å². The van der Waals surface area contributed by atoms with Crippen molar-refractivity contribution in [1.29, 1.82) is 0 Å². The molecule has 1 saturated carbocycles. The molecule has 0 saturated heterocycles. The number of anilines is 1. The van der Waals surface area contributed by atoms with Gasteiger partial charge in [-0.15, -0.1) is 12.8 Å². The quantitative estimate of drug-likeness (QED) is 0.658. The van der Waals surface area contributed by atoms with E-state index >= 15 is 0 Å². The molecular formula is C21H25FN6O. The largest absolute Gasteiger partial charge is 0.377 e. The Morgan fingerprint density at radius 2 is 2.03 bits per heavy atom. The lowest BCUT2D eigenvalue weighted by molar-refractivity contribution is 0.100. The number of nitrogens with one attached hydrogen (secondary N) is 1. The molecule has 3 N–H and O–H groups in total. The normalized spacial score (nSPS) is 17.6. The summed E-state index contributed by atoms with van der Waals surface area (Å²) in [6.45, 7) is 4.00. The van der Waals surface area contributed by atoms with Gasteiger partial charge in [0.05, 0.1) is 40.9 Å². The lowest BCUT2D eigenvalue weighted by Gasteiger charge is -2.19. The molecular weight excluding hydrogens is 371 g/mol. The van der Waals surface area contributed by atoms with Crippen molar-refractivity contribution in [2.75, 3.05) is 5.32 Å². The number of hydrogen-bond donors (Lipinski definition) is 2. The molecule has 29 heavy (non-hydrogen) atoms. The van der Waals surface area contributed by atoms with Crippen molar-refractivity contribution in [3.63, 3.8) is 0 Å². The van der Waals surface area contributed by atoms with E-state index < -0.39 is 12.1 Å². The fourth-order valence-corrected chi connectivity index (χ4v) is 3.25. The van der Waals surface area contributed by atoms with Gasteiger partial charge < -0.3 is 11.1 Å². The standard InChI is InChI=1S/C17H17FN6O.C2H6.C2H2/c18-12-2-1-3-13(12)23-16-11(17(19)25)7-22-24-9-10(6-15(16)24)14-8-20-4-5-21-14;2*1-2/h4-9,12-13,23H,1-3H2,(H2,19,25);1-2H3;1-2H/t12-,13+;;/m0../s1. The van der Waals surface area contributed by atoms with Gasteiger partial charge in [-0.1, -0.05) is 13.8 Å². The lowest BCUT2D eigenvalue weighted by atomic mass is 10.1. The Hall–Kier alpha value is -3.47. The van der Waals surface area contributed by atoms with E-state index in [1.807, 2.05) is 19.9 Å². The van der Waals surface area contributed by atoms with Crippen LogP contribution >= 0.6 is 0 Å². The van der Waals surface area contributed by atoms with Crippen molar-refractivity contribution in [3.8, 4) is 24.1 Å². The Kier molecular flexibility index (Phi) is 7.66. The van der Waals surface area contributed by atoms with Crippen LogP contribution in [0.15, 0.2) is 37.1 Å². The number of fused-ring (bicyclic) bond motifs is 1. The Morgan fingerprint density at radius 3 is 2.62 bits per heavy atom. The summed E-state index contributed by atoms with van der Waals surface area (Å²) in [7, 11) is 0. The summed E-state index contributed by atoms with van der Waals surface area (Å²) < 4.78 is 15.7. The molecule has 3 aromatic heterocycles. The number of nitrogens with zero attached hydrogens (tertiary/aromatic N) is 4. The van der Waals surface area contributed by atoms with Gasteiger partial charge in [0.1, 0.15) is 6.17 Å². The molecule has 0 aromatic carbocycles. The van der Waals surface area contributed by atoms with Crippen LogP contribution in [0.25, 0.3) is 16.8 Å². The zero-order chi connectivity index (χ0) is 21.4. The lowest BCUT2D eigenvalue weighted by Crippen LogP contribution is -2.27. The molecule has 1 amide bonds. The Balaban J connectivity index is 0.000000707. The highest BCUT2D eigenvalue weighted by Gasteiger charge is 2.29. The predicted octanol–water partition coefficient (Wildman–Crippen LogP) is 3.47. The van der Waals surface area contributed by atoms with Crippen LogP contribution in [0.1, 0.15) is 43.5 Å². The zero-order valence-corrected chi connectivity index (χ0v) is 16.5. The van der Waals surface area contributed by atoms with Crippen LogP contribution in [0.2, 0.25) is 0 Å². The fourth-order valence-electron chi connectivity index (χ4n) is 3.25. The van der Waals surface area contributed by atoms with Gasteiger partial charge in [-0.05, 0) is 25.3 Å². The predicted molar refractivity (Wildman–Crippen MR) is 112 cm³/mol. The van der Waals surface area contributed by atoms with E-state index in [0.29, 0.717) is 29.7 Å². The molecule has 4 rings (SSSR count). The first-order chi connectivity index (χ1) is 14.1. The summed E-state index contributed by atoms with van der Waals surface area (Å²) in [5.74, 6) is -0.604. The molecule has 3 heterocycles. The molecule has 0 unspecified atom stereocenters. The van der Waals surface area contributed by atoms with Gasteiger partial charge in [-0.25, -0.2) is 8.91 Å². The number of terminal acetylenes is 1. The molecule has 0 spiro atoms. The van der Waals surface area contributed by atoms with Crippen molar-refractivity contribution in [2.45, 2.75) is 45.3 Å². The Morgan fingerprint density at radius 1 is 1.28 bits per heavy atom. The number of hydrogen-bond acceptors (Lipinski definition) is 5. The van der Waals surface area contributed by atoms with Crippen LogP contribution in [0.5, 0.6) is 0 Å². The minimum absolute atomic E-state index is 0.246. The summed E-state index contributed by atoms with van der Waals surface area (Å²) in [6.07, 6.45) is 17.1. The molecule has 7 nitrogen and oxygen atoms in total. The van der Waals surface area contributed by atoms with Crippen molar-refractivity contribution in [3.05, 3.63) is 42.6 Å². The third-order valence-corrected chi connectivity index (χ3v) is 4.52. The minimum atomic E-state index is -0.941. The summed E-state index contributed by atoms with van der Waals surface area (Å²) in [5.41, 5.74) is 8.37. The van der Waals surface area contributed by atoms with Gasteiger partial charge in [0.2, 0.25) is 0 Å². The van der Waals surface area contributed by atoms with E-state index in [1.165, 1.54) is 6.20 Å². The molecule has 2 atom stereocenters. The summed E-state index contributed by atoms with van der Waals surface area (Å²) >= 11 is 0. The van der Waals surface area contributed by atoms with Crippen molar-refractivity contribution in [1.82, 2.24) is 19.6 Å². The first kappa shape index (κ1) is 21.8. The highest BCUT2D eigenvalue weighted by atomic mass is 19.1. The van der Waals surface area contributed by atoms with Crippen LogP contribution in [-0.4, -0.2) is 37.7 Å². The third kappa shape index (κ3) is 4.69. The highest BCUT2D eigenvalue weighted by molar-refractivity contribution is 6.02. The maximum atomic E-state index is 14.1. The van der Waals surface area contributed by atoms with E-state index in [0.717, 1.165) is 12.0 Å². The van der Waals surface area contributed by atoms with E-state index in [-0.39, 0.29) is 11.6 Å². The maximum Gasteiger partial charge on any atom is 0.252 e. The van der Waals surface area contributed by atoms with Crippen LogP contribution in [0.4, 0.5) is 10.1 Å². The minimum Gasteiger partial charge on any atom is -0.377 e. The number of amides is 1. The van der Waals surface area contributed by atoms with Crippen molar-refractivity contribution >= 4 is 17.1 Å². The van der Waals surface area contributed by atoms with Crippen molar-refractivity contribution in [2.24, 2.45) is 5.73 Å². The van der Waals surface area contributed by atoms with Gasteiger partial charge in [0, 0.05) is 24.2 Å². The van der Waals surface area contributed by atoms with E-state index in [9.17, 15) is 9.18 Å². The molecule has 0 radical (unpaired) electrons. The summed E-state index contributed by atoms with van der Waals surface area (Å²) in [5, 5.41) is 7.41. The number of aromatic nitrogens is 4. The monoisotopic (exact) mass is 396 g/mol. The Bertz CT molecular complexity index is 969. The van der Waals surface area contributed by atoms with Gasteiger partial charge >= 0.3 is 0 Å². The second-order valence-corrected chi connectivity index (χ2v) is 6.14. The molecule has 1 aliphatic carbocycles. The zero-order valence-electron chi connectivity index (χ0n) is 16.5. The molecule has 1 fully saturated rings. The first-order valence-electron chi connectivity index (χ1n) is 9.45. The van der Waals surface area contributed by atoms with E-state index in [1.54, 1.807) is 29.3 Å². The number of carbonyl (C=O) groups excluding carboxylic acids is 1. The topological polar surface area (TPSA) is 98.2 Å². The smallest absolute Gasteiger partial charge is 0.252 e. The van der Waals surface area contributed by atoms with Crippen LogP contribution < -0.4 is 11.1 Å². The van der Waals surface area contributed by atoms with Crippen LogP contribution in [0.3, 0.4) is 0 Å². The highest BCUT2D eigenvalue weighted by Crippen LogP contribution is 2.31. The average Bonchev–Trinajstić information content (AvgIpc) is 3.38. The van der Waals surface area contributed by atoms with Gasteiger partial charge in [-0.3, -0.25) is 14.8 Å². The van der Waals surface area contributed by atoms with E-state index in [4.69, 9.17) is 5.73 Å². The molecule has 1 aliphatic rings. The van der Waals surface area contributed by atoms with Crippen LogP contribution in [-0.2, 0) is 0 Å². The number of rotatable bonds is 4. The van der Waals surface area contributed by atoms with Gasteiger partial charge in [-0.2, -0.15) is 5.10 Å². The summed E-state index contributed by atoms with van der Waals surface area (Å²) in [4.78, 5) is 20.1. The number of nitrogens with two attached hydrogens (primary N) is 1. The molecule has 8 heteroatoms. The molecule has 0 bridgehead atoms. The number of alkyl halides is 1. The van der Waals surface area contributed by atoms with Crippen LogP contribution in [0, 0.1) is 12.8 Å². The molecule has 152 valence electrons. The maximum absolute atomic E-state index is 14.1. The Labute approximate surface area is 169 Å². The van der Waals surface area contributed by atoms with Gasteiger partial charge in [0.15, 0.2) is 0 Å². The SMILES string of the molecule is C#C.CC.NC(=O)c1cnn2cc(-c3cnccn3)cc2c1N[C@@H]1CCC[C@@H]1F.